The zero-order valence-corrected chi connectivity index (χ0v) is 11.0. The van der Waals surface area contributed by atoms with Crippen LogP contribution in [0.2, 0.25) is 0 Å². The highest BCUT2D eigenvalue weighted by molar-refractivity contribution is 6.60. The van der Waals surface area contributed by atoms with Crippen molar-refractivity contribution in [1.29, 1.82) is 0 Å². The van der Waals surface area contributed by atoms with Crippen molar-refractivity contribution < 1.29 is 29.4 Å². The molecule has 2 aromatic carbocycles. The Bertz CT molecular complexity index is 541. The van der Waals surface area contributed by atoms with Crippen LogP contribution >= 0.6 is 0 Å². The fourth-order valence-electron chi connectivity index (χ4n) is 1.73. The van der Waals surface area contributed by atoms with Crippen LogP contribution in [0.1, 0.15) is 0 Å². The second kappa shape index (κ2) is 7.19. The first-order valence-electron chi connectivity index (χ1n) is 6.14. The minimum atomic E-state index is -1.67. The van der Waals surface area contributed by atoms with Gasteiger partial charge in [0.05, 0.1) is 0 Å². The summed E-state index contributed by atoms with van der Waals surface area (Å²) in [5.41, 5.74) is 0.376. The lowest BCUT2D eigenvalue weighted by Gasteiger charge is -2.12. The molecule has 0 aliphatic rings. The molecular formula is C12H12B3O6. The summed E-state index contributed by atoms with van der Waals surface area (Å²) in [6.07, 6.45) is 0. The van der Waals surface area contributed by atoms with Gasteiger partial charge in [-0.15, -0.1) is 0 Å². The van der Waals surface area contributed by atoms with Crippen LogP contribution in [0, 0.1) is 0 Å². The summed E-state index contributed by atoms with van der Waals surface area (Å²) in [6, 6.07) is 12.7. The van der Waals surface area contributed by atoms with Crippen LogP contribution in [-0.2, 0) is 0 Å². The van der Waals surface area contributed by atoms with Gasteiger partial charge in [0, 0.05) is 10.9 Å². The Hall–Kier alpha value is -1.93. The third-order valence-electron chi connectivity index (χ3n) is 2.74. The number of hydrogen-bond donors (Lipinski definition) is 4. The first kappa shape index (κ1) is 15.5. The Labute approximate surface area is 123 Å². The molecule has 105 valence electrons. The van der Waals surface area contributed by atoms with Crippen molar-refractivity contribution in [2.24, 2.45) is 0 Å². The Morgan fingerprint density at radius 3 is 1.43 bits per heavy atom. The maximum Gasteiger partial charge on any atom is 0.658 e. The molecule has 0 unspecified atom stereocenters. The van der Waals surface area contributed by atoms with Gasteiger partial charge in [-0.05, 0) is 12.1 Å². The summed E-state index contributed by atoms with van der Waals surface area (Å²) < 4.78 is 10.4. The molecule has 0 aromatic heterocycles. The molecule has 0 bridgehead atoms. The van der Waals surface area contributed by atoms with Gasteiger partial charge < -0.3 is 29.4 Å². The molecule has 0 spiro atoms. The van der Waals surface area contributed by atoms with E-state index in [9.17, 15) is 20.1 Å². The molecule has 0 heterocycles. The largest absolute Gasteiger partial charge is 0.658 e. The molecule has 0 saturated carbocycles. The second-order valence-corrected chi connectivity index (χ2v) is 4.15. The van der Waals surface area contributed by atoms with Crippen LogP contribution < -0.4 is 20.2 Å². The van der Waals surface area contributed by atoms with Crippen LogP contribution in [0.5, 0.6) is 11.5 Å². The van der Waals surface area contributed by atoms with Crippen molar-refractivity contribution in [3.05, 3.63) is 48.5 Å². The van der Waals surface area contributed by atoms with E-state index in [4.69, 9.17) is 9.31 Å². The molecule has 4 N–H and O–H groups in total. The third-order valence-corrected chi connectivity index (χ3v) is 2.74. The standard InChI is InChI=1S/C12H12B3O6/c16-14(17)9-5-1-3-7-11(9)20-13-21-12-8-4-2-6-10(12)15(18)19/h1-8,16-19H. The van der Waals surface area contributed by atoms with E-state index in [1.54, 1.807) is 36.4 Å². The van der Waals surface area contributed by atoms with Gasteiger partial charge in [-0.25, -0.2) is 0 Å². The molecule has 0 saturated heterocycles. The molecular weight excluding hydrogens is 273 g/mol. The van der Waals surface area contributed by atoms with Crippen molar-refractivity contribution in [2.75, 3.05) is 0 Å². The van der Waals surface area contributed by atoms with Gasteiger partial charge in [-0.3, -0.25) is 0 Å². The number of para-hydroxylation sites is 2. The predicted octanol–water partition coefficient (Wildman–Crippen LogP) is -1.96. The molecule has 0 fully saturated rings. The maximum absolute atomic E-state index is 9.19. The quantitative estimate of drug-likeness (QED) is 0.460. The lowest BCUT2D eigenvalue weighted by molar-refractivity contribution is 0.419. The van der Waals surface area contributed by atoms with E-state index in [1.807, 2.05) is 0 Å². The van der Waals surface area contributed by atoms with Gasteiger partial charge in [0.25, 0.3) is 0 Å². The lowest BCUT2D eigenvalue weighted by Crippen LogP contribution is -2.34. The van der Waals surface area contributed by atoms with E-state index in [-0.39, 0.29) is 22.4 Å². The molecule has 0 amide bonds. The van der Waals surface area contributed by atoms with Gasteiger partial charge in [-0.2, -0.15) is 0 Å². The highest BCUT2D eigenvalue weighted by Crippen LogP contribution is 2.09. The summed E-state index contributed by atoms with van der Waals surface area (Å²) in [4.78, 5) is 0. The molecule has 0 atom stereocenters. The van der Waals surface area contributed by atoms with Crippen molar-refractivity contribution in [2.45, 2.75) is 0 Å². The zero-order chi connectivity index (χ0) is 15.2. The van der Waals surface area contributed by atoms with Gasteiger partial charge in [0.15, 0.2) is 0 Å². The van der Waals surface area contributed by atoms with Crippen LogP contribution in [0.3, 0.4) is 0 Å². The van der Waals surface area contributed by atoms with Crippen LogP contribution in [-0.4, -0.2) is 42.0 Å². The van der Waals surface area contributed by atoms with E-state index in [2.05, 4.69) is 0 Å². The summed E-state index contributed by atoms with van der Waals surface area (Å²) in [5, 5.41) is 36.8. The third kappa shape index (κ3) is 4.02. The first-order chi connectivity index (χ1) is 10.1. The van der Waals surface area contributed by atoms with Crippen LogP contribution in [0.25, 0.3) is 0 Å². The summed E-state index contributed by atoms with van der Waals surface area (Å²) >= 11 is 0. The van der Waals surface area contributed by atoms with Crippen molar-refractivity contribution >= 4 is 32.8 Å². The molecule has 1 radical (unpaired) electrons. The normalized spacial score (nSPS) is 9.90. The number of hydrogen-bond acceptors (Lipinski definition) is 6. The Kier molecular flexibility index (Phi) is 5.29. The van der Waals surface area contributed by atoms with E-state index in [0.717, 1.165) is 7.69 Å². The van der Waals surface area contributed by atoms with Gasteiger partial charge in [0.1, 0.15) is 11.5 Å². The minimum Gasteiger partial charge on any atom is -0.527 e. The Balaban J connectivity index is 2.03. The molecule has 9 heteroatoms. The SMILES string of the molecule is OB(O)c1ccccc1O[B]Oc1ccccc1B(O)O. The lowest BCUT2D eigenvalue weighted by atomic mass is 9.79. The molecule has 2 rings (SSSR count). The summed E-state index contributed by atoms with van der Waals surface area (Å²) in [7, 11) is -2.36. The summed E-state index contributed by atoms with van der Waals surface area (Å²) in [5.74, 6) is 0.434. The van der Waals surface area contributed by atoms with E-state index in [1.165, 1.54) is 12.1 Å². The van der Waals surface area contributed by atoms with Crippen molar-refractivity contribution in [3.63, 3.8) is 0 Å². The summed E-state index contributed by atoms with van der Waals surface area (Å²) in [6.45, 7) is 0. The maximum atomic E-state index is 9.19. The molecule has 2 aromatic rings. The fourth-order valence-corrected chi connectivity index (χ4v) is 1.73. The van der Waals surface area contributed by atoms with Crippen molar-refractivity contribution in [3.8, 4) is 11.5 Å². The monoisotopic (exact) mass is 285 g/mol. The van der Waals surface area contributed by atoms with E-state index >= 15 is 0 Å². The van der Waals surface area contributed by atoms with Crippen molar-refractivity contribution in [1.82, 2.24) is 0 Å². The average Bonchev–Trinajstić information content (AvgIpc) is 2.48. The first-order valence-corrected chi connectivity index (χ1v) is 6.14. The minimum absolute atomic E-state index is 0.188. The van der Waals surface area contributed by atoms with Crippen LogP contribution in [0.15, 0.2) is 48.5 Å². The predicted molar refractivity (Wildman–Crippen MR) is 79.5 cm³/mol. The van der Waals surface area contributed by atoms with E-state index < -0.39 is 14.2 Å². The highest BCUT2D eigenvalue weighted by atomic mass is 16.6. The topological polar surface area (TPSA) is 99.4 Å². The zero-order valence-electron chi connectivity index (χ0n) is 11.0. The van der Waals surface area contributed by atoms with Gasteiger partial charge >= 0.3 is 21.9 Å². The molecule has 21 heavy (non-hydrogen) atoms. The van der Waals surface area contributed by atoms with E-state index in [0.29, 0.717) is 0 Å². The molecule has 0 aliphatic heterocycles. The smallest absolute Gasteiger partial charge is 0.527 e. The number of benzene rings is 2. The van der Waals surface area contributed by atoms with Gasteiger partial charge in [-0.1, -0.05) is 36.4 Å². The Morgan fingerprint density at radius 1 is 0.667 bits per heavy atom. The molecule has 0 aliphatic carbocycles. The van der Waals surface area contributed by atoms with Gasteiger partial charge in [0.2, 0.25) is 0 Å². The number of rotatable bonds is 6. The van der Waals surface area contributed by atoms with Crippen LogP contribution in [0.4, 0.5) is 0 Å². The molecule has 6 nitrogen and oxygen atoms in total. The Morgan fingerprint density at radius 2 is 1.05 bits per heavy atom. The average molecular weight is 285 g/mol. The fraction of sp³-hybridized carbons (Fsp3) is 0. The highest BCUT2D eigenvalue weighted by Gasteiger charge is 2.19. The second-order valence-electron chi connectivity index (χ2n) is 4.15.